The molecule has 0 bridgehead atoms. The van der Waals surface area contributed by atoms with E-state index in [9.17, 15) is 9.59 Å². The molecule has 1 aliphatic rings. The van der Waals surface area contributed by atoms with Crippen molar-refractivity contribution in [2.45, 2.75) is 40.0 Å². The Bertz CT molecular complexity index is 835. The van der Waals surface area contributed by atoms with Crippen molar-refractivity contribution in [2.75, 3.05) is 0 Å². The van der Waals surface area contributed by atoms with Crippen LogP contribution in [0.3, 0.4) is 0 Å². The van der Waals surface area contributed by atoms with Gasteiger partial charge in [-0.25, -0.2) is 4.98 Å². The highest BCUT2D eigenvalue weighted by molar-refractivity contribution is 6.24. The van der Waals surface area contributed by atoms with E-state index in [0.29, 0.717) is 41.0 Å². The molecule has 1 aromatic heterocycles. The maximum absolute atomic E-state index is 12.4. The molecule has 0 fully saturated rings. The van der Waals surface area contributed by atoms with Crippen LogP contribution in [0, 0.1) is 0 Å². The number of aromatic nitrogens is 1. The summed E-state index contributed by atoms with van der Waals surface area (Å²) < 4.78 is 5.68. The molecule has 4 nitrogen and oxygen atoms in total. The number of Topliss-reactive ketones (excluding diaryl/α,β-unsaturated/α-hetero) is 2. The molecule has 0 radical (unpaired) electrons. The average molecular weight is 309 g/mol. The van der Waals surface area contributed by atoms with Crippen LogP contribution in [0.1, 0.15) is 39.5 Å². The first-order chi connectivity index (χ1) is 11.0. The molecule has 0 spiro atoms. The Kier molecular flexibility index (Phi) is 3.99. The molecule has 1 aliphatic carbocycles. The summed E-state index contributed by atoms with van der Waals surface area (Å²) in [5, 5.41) is 0. The second-order valence-corrected chi connectivity index (χ2v) is 5.94. The minimum absolute atomic E-state index is 0.00262. The predicted octanol–water partition coefficient (Wildman–Crippen LogP) is 3.96. The highest BCUT2D eigenvalue weighted by Gasteiger charge is 2.27. The van der Waals surface area contributed by atoms with E-state index in [1.165, 1.54) is 0 Å². The lowest BCUT2D eigenvalue weighted by atomic mass is 9.84. The largest absolute Gasteiger partial charge is 0.441 e. The second kappa shape index (κ2) is 5.95. The third-order valence-electron chi connectivity index (χ3n) is 4.47. The fourth-order valence-electron chi connectivity index (χ4n) is 2.90. The SMILES string of the molecule is CC1=C(C)C(=O)C(CCCc2nc3ccccc3o2)=C(C)C1=O. The Hall–Kier alpha value is -2.49. The number of fused-ring (bicyclic) bond motifs is 1. The third-order valence-corrected chi connectivity index (χ3v) is 4.47. The first-order valence-electron chi connectivity index (χ1n) is 7.80. The van der Waals surface area contributed by atoms with E-state index in [1.807, 2.05) is 24.3 Å². The van der Waals surface area contributed by atoms with Gasteiger partial charge in [-0.15, -0.1) is 0 Å². The summed E-state index contributed by atoms with van der Waals surface area (Å²) in [6.07, 6.45) is 1.94. The van der Waals surface area contributed by atoms with Gasteiger partial charge in [-0.3, -0.25) is 9.59 Å². The Labute approximate surface area is 134 Å². The van der Waals surface area contributed by atoms with Crippen LogP contribution in [0.15, 0.2) is 51.0 Å². The van der Waals surface area contributed by atoms with Gasteiger partial charge in [0.25, 0.3) is 0 Å². The molecule has 0 saturated carbocycles. The highest BCUT2D eigenvalue weighted by Crippen LogP contribution is 2.27. The van der Waals surface area contributed by atoms with Crippen LogP contribution in [-0.2, 0) is 16.0 Å². The number of allylic oxidation sites excluding steroid dienone is 4. The van der Waals surface area contributed by atoms with Crippen LogP contribution in [0.2, 0.25) is 0 Å². The lowest BCUT2D eigenvalue weighted by molar-refractivity contribution is -0.116. The number of aryl methyl sites for hydroxylation is 1. The number of benzene rings is 1. The molecule has 0 saturated heterocycles. The van der Waals surface area contributed by atoms with Crippen molar-refractivity contribution in [3.8, 4) is 0 Å². The number of carbonyl (C=O) groups excluding carboxylic acids is 2. The van der Waals surface area contributed by atoms with Crippen LogP contribution in [0.5, 0.6) is 0 Å². The molecule has 2 aromatic rings. The number of rotatable bonds is 4. The van der Waals surface area contributed by atoms with Crippen molar-refractivity contribution in [2.24, 2.45) is 0 Å². The average Bonchev–Trinajstić information content (AvgIpc) is 2.97. The zero-order valence-electron chi connectivity index (χ0n) is 13.6. The second-order valence-electron chi connectivity index (χ2n) is 5.94. The number of oxazole rings is 1. The summed E-state index contributed by atoms with van der Waals surface area (Å²) in [6, 6.07) is 7.63. The Balaban J connectivity index is 1.71. The Morgan fingerprint density at radius 1 is 0.913 bits per heavy atom. The Morgan fingerprint density at radius 2 is 1.61 bits per heavy atom. The van der Waals surface area contributed by atoms with Crippen molar-refractivity contribution in [1.29, 1.82) is 0 Å². The van der Waals surface area contributed by atoms with E-state index in [4.69, 9.17) is 4.42 Å². The maximum atomic E-state index is 12.4. The van der Waals surface area contributed by atoms with Crippen LogP contribution in [0.25, 0.3) is 11.1 Å². The monoisotopic (exact) mass is 309 g/mol. The van der Waals surface area contributed by atoms with Crippen molar-refractivity contribution in [3.05, 3.63) is 52.4 Å². The molecule has 118 valence electrons. The molecule has 0 atom stereocenters. The number of hydrogen-bond acceptors (Lipinski definition) is 4. The standard InChI is InChI=1S/C19H19NO3/c1-11-12(2)19(22)14(13(3)18(11)21)7-6-10-17-20-15-8-4-5-9-16(15)23-17/h4-5,8-9H,6-7,10H2,1-3H3. The van der Waals surface area contributed by atoms with Gasteiger partial charge in [0.1, 0.15) is 5.52 Å². The molecule has 3 rings (SSSR count). The smallest absolute Gasteiger partial charge is 0.195 e. The molecular weight excluding hydrogens is 290 g/mol. The zero-order chi connectivity index (χ0) is 16.6. The number of carbonyl (C=O) groups is 2. The molecule has 0 amide bonds. The van der Waals surface area contributed by atoms with Gasteiger partial charge < -0.3 is 4.42 Å². The van der Waals surface area contributed by atoms with E-state index >= 15 is 0 Å². The van der Waals surface area contributed by atoms with Gasteiger partial charge in [-0.1, -0.05) is 12.1 Å². The van der Waals surface area contributed by atoms with Crippen molar-refractivity contribution < 1.29 is 14.0 Å². The molecule has 1 aromatic carbocycles. The summed E-state index contributed by atoms with van der Waals surface area (Å²) in [7, 11) is 0. The number of ketones is 2. The topological polar surface area (TPSA) is 60.2 Å². The predicted molar refractivity (Wildman–Crippen MR) is 88.0 cm³/mol. The number of nitrogens with zero attached hydrogens (tertiary/aromatic N) is 1. The summed E-state index contributed by atoms with van der Waals surface area (Å²) in [6.45, 7) is 5.18. The van der Waals surface area contributed by atoms with Crippen LogP contribution in [0.4, 0.5) is 0 Å². The Morgan fingerprint density at radius 3 is 2.35 bits per heavy atom. The molecule has 0 N–H and O–H groups in total. The van der Waals surface area contributed by atoms with Crippen molar-refractivity contribution in [1.82, 2.24) is 4.98 Å². The summed E-state index contributed by atoms with van der Waals surface area (Å²) in [4.78, 5) is 28.9. The van der Waals surface area contributed by atoms with Crippen LogP contribution in [-0.4, -0.2) is 16.6 Å². The van der Waals surface area contributed by atoms with Crippen LogP contribution < -0.4 is 0 Å². The van der Waals surface area contributed by atoms with Crippen molar-refractivity contribution in [3.63, 3.8) is 0 Å². The first kappa shape index (κ1) is 15.4. The fourth-order valence-corrected chi connectivity index (χ4v) is 2.90. The van der Waals surface area contributed by atoms with Gasteiger partial charge in [0.15, 0.2) is 23.0 Å². The lowest BCUT2D eigenvalue weighted by Gasteiger charge is -2.18. The van der Waals surface area contributed by atoms with Gasteiger partial charge >= 0.3 is 0 Å². The van der Waals surface area contributed by atoms with Gasteiger partial charge in [0, 0.05) is 28.7 Å². The summed E-state index contributed by atoms with van der Waals surface area (Å²) in [5.74, 6) is 0.651. The van der Waals surface area contributed by atoms with E-state index in [1.54, 1.807) is 20.8 Å². The van der Waals surface area contributed by atoms with Crippen LogP contribution >= 0.6 is 0 Å². The highest BCUT2D eigenvalue weighted by atomic mass is 16.3. The van der Waals surface area contributed by atoms with Crippen molar-refractivity contribution >= 4 is 22.7 Å². The zero-order valence-corrected chi connectivity index (χ0v) is 13.6. The lowest BCUT2D eigenvalue weighted by Crippen LogP contribution is -2.20. The molecule has 1 heterocycles. The summed E-state index contributed by atoms with van der Waals surface area (Å²) >= 11 is 0. The van der Waals surface area contributed by atoms with Gasteiger partial charge in [-0.05, 0) is 45.7 Å². The van der Waals surface area contributed by atoms with Gasteiger partial charge in [-0.2, -0.15) is 0 Å². The molecular formula is C19H19NO3. The minimum Gasteiger partial charge on any atom is -0.441 e. The molecule has 0 aliphatic heterocycles. The normalized spacial score (nSPS) is 16.0. The maximum Gasteiger partial charge on any atom is 0.195 e. The van der Waals surface area contributed by atoms with E-state index in [-0.39, 0.29) is 11.6 Å². The third kappa shape index (κ3) is 2.77. The van der Waals surface area contributed by atoms with E-state index in [2.05, 4.69) is 4.98 Å². The minimum atomic E-state index is -0.0148. The molecule has 4 heteroatoms. The van der Waals surface area contributed by atoms with E-state index < -0.39 is 0 Å². The number of hydrogen-bond donors (Lipinski definition) is 0. The molecule has 23 heavy (non-hydrogen) atoms. The first-order valence-corrected chi connectivity index (χ1v) is 7.80. The summed E-state index contributed by atoms with van der Waals surface area (Å²) in [5.41, 5.74) is 3.96. The fraction of sp³-hybridized carbons (Fsp3) is 0.316. The number of para-hydroxylation sites is 2. The van der Waals surface area contributed by atoms with Gasteiger partial charge in [0.2, 0.25) is 0 Å². The van der Waals surface area contributed by atoms with E-state index in [0.717, 1.165) is 17.5 Å². The quantitative estimate of drug-likeness (QED) is 0.802. The van der Waals surface area contributed by atoms with Gasteiger partial charge in [0.05, 0.1) is 0 Å². The molecule has 0 unspecified atom stereocenters.